The van der Waals surface area contributed by atoms with E-state index in [-0.39, 0.29) is 19.7 Å². The number of nitrogens with zero attached hydrogens (tertiary/aromatic N) is 1. The van der Waals surface area contributed by atoms with E-state index in [4.69, 9.17) is 14.6 Å². The van der Waals surface area contributed by atoms with Crippen molar-refractivity contribution in [3.05, 3.63) is 0 Å². The van der Waals surface area contributed by atoms with Gasteiger partial charge in [-0.05, 0) is 20.8 Å². The molecule has 1 aliphatic heterocycles. The molecule has 1 saturated heterocycles. The zero-order chi connectivity index (χ0) is 13.9. The summed E-state index contributed by atoms with van der Waals surface area (Å²) in [6.45, 7) is 4.88. The number of carbonyl (C=O) groups excluding carboxylic acids is 1. The Kier molecular flexibility index (Phi) is 4.53. The molecule has 0 aliphatic carbocycles. The average molecular weight is 261 g/mol. The number of carbonyl (C=O) groups is 2. The Bertz CT molecular complexity index is 324. The maximum atomic E-state index is 11.8. The molecule has 0 saturated carbocycles. The van der Waals surface area contributed by atoms with Gasteiger partial charge < -0.3 is 24.6 Å². The van der Waals surface area contributed by atoms with E-state index in [0.29, 0.717) is 0 Å². The lowest BCUT2D eigenvalue weighted by Gasteiger charge is -2.27. The fourth-order valence-electron chi connectivity index (χ4n) is 1.49. The summed E-state index contributed by atoms with van der Waals surface area (Å²) in [5.74, 6) is -1.17. The van der Waals surface area contributed by atoms with E-state index >= 15 is 0 Å². The number of aliphatic hydroxyl groups excluding tert-OH is 1. The Morgan fingerprint density at radius 3 is 2.44 bits per heavy atom. The number of hydrogen-bond donors (Lipinski definition) is 2. The van der Waals surface area contributed by atoms with E-state index in [0.717, 1.165) is 4.90 Å². The van der Waals surface area contributed by atoms with E-state index in [9.17, 15) is 14.7 Å². The number of carboxylic acid groups (broad SMARTS) is 1. The van der Waals surface area contributed by atoms with Crippen molar-refractivity contribution in [2.24, 2.45) is 0 Å². The summed E-state index contributed by atoms with van der Waals surface area (Å²) in [7, 11) is 0. The molecule has 1 rings (SSSR count). The molecule has 2 atom stereocenters. The minimum absolute atomic E-state index is 0.00130. The normalized spacial score (nSPS) is 25.4. The number of aliphatic hydroxyl groups is 1. The van der Waals surface area contributed by atoms with Crippen LogP contribution >= 0.6 is 0 Å². The highest BCUT2D eigenvalue weighted by atomic mass is 16.6. The molecule has 0 radical (unpaired) electrons. The molecule has 7 nitrogen and oxygen atoms in total. The van der Waals surface area contributed by atoms with Crippen LogP contribution in [0.2, 0.25) is 0 Å². The number of rotatable bonds is 1. The van der Waals surface area contributed by atoms with Crippen molar-refractivity contribution in [2.45, 2.75) is 38.6 Å². The van der Waals surface area contributed by atoms with Gasteiger partial charge in [0.25, 0.3) is 0 Å². The van der Waals surface area contributed by atoms with Crippen molar-refractivity contribution in [1.29, 1.82) is 0 Å². The van der Waals surface area contributed by atoms with E-state index < -0.39 is 29.9 Å². The van der Waals surface area contributed by atoms with Crippen LogP contribution in [0, 0.1) is 0 Å². The van der Waals surface area contributed by atoms with Gasteiger partial charge in [-0.2, -0.15) is 0 Å². The molecular weight excluding hydrogens is 242 g/mol. The maximum absolute atomic E-state index is 11.8. The highest BCUT2D eigenvalue weighted by Gasteiger charge is 2.32. The predicted molar refractivity (Wildman–Crippen MR) is 61.2 cm³/mol. The number of amides is 1. The van der Waals surface area contributed by atoms with Crippen molar-refractivity contribution < 1.29 is 29.3 Å². The van der Waals surface area contributed by atoms with Crippen molar-refractivity contribution in [1.82, 2.24) is 4.90 Å². The summed E-state index contributed by atoms with van der Waals surface area (Å²) in [5, 5.41) is 18.4. The van der Waals surface area contributed by atoms with E-state index in [2.05, 4.69) is 0 Å². The summed E-state index contributed by atoms with van der Waals surface area (Å²) in [6.07, 6.45) is -2.71. The SMILES string of the molecule is CC(C)(C)OC(=O)N1C[C@@H](O)CO[C@H](C(=O)O)C1. The topological polar surface area (TPSA) is 96.3 Å². The van der Waals surface area contributed by atoms with Crippen LogP contribution in [0.4, 0.5) is 4.79 Å². The van der Waals surface area contributed by atoms with Crippen LogP contribution < -0.4 is 0 Å². The molecule has 0 aromatic rings. The van der Waals surface area contributed by atoms with Crippen molar-refractivity contribution >= 4 is 12.1 Å². The molecule has 7 heteroatoms. The minimum Gasteiger partial charge on any atom is -0.479 e. The lowest BCUT2D eigenvalue weighted by molar-refractivity contribution is -0.151. The van der Waals surface area contributed by atoms with E-state index in [1.807, 2.05) is 0 Å². The predicted octanol–water partition coefficient (Wildman–Crippen LogP) is 0.0678. The largest absolute Gasteiger partial charge is 0.479 e. The molecule has 1 heterocycles. The Morgan fingerprint density at radius 1 is 1.33 bits per heavy atom. The van der Waals surface area contributed by atoms with Gasteiger partial charge in [-0.1, -0.05) is 0 Å². The molecule has 0 aromatic heterocycles. The van der Waals surface area contributed by atoms with Gasteiger partial charge in [-0.15, -0.1) is 0 Å². The molecule has 1 amide bonds. The maximum Gasteiger partial charge on any atom is 0.410 e. The van der Waals surface area contributed by atoms with E-state index in [1.54, 1.807) is 20.8 Å². The third kappa shape index (κ3) is 4.50. The van der Waals surface area contributed by atoms with Gasteiger partial charge in [0.05, 0.1) is 25.8 Å². The van der Waals surface area contributed by atoms with Crippen LogP contribution in [-0.4, -0.2) is 64.7 Å². The van der Waals surface area contributed by atoms with E-state index in [1.165, 1.54) is 0 Å². The zero-order valence-electron chi connectivity index (χ0n) is 10.8. The van der Waals surface area contributed by atoms with Crippen LogP contribution in [-0.2, 0) is 14.3 Å². The number of β-amino-alcohol motifs (C(OH)–C–C–N with tert-alkyl or cyclic N) is 1. The second kappa shape index (κ2) is 5.53. The Labute approximate surface area is 105 Å². The first kappa shape index (κ1) is 14.7. The Balaban J connectivity index is 2.72. The van der Waals surface area contributed by atoms with Crippen molar-refractivity contribution in [3.8, 4) is 0 Å². The van der Waals surface area contributed by atoms with Crippen LogP contribution in [0.1, 0.15) is 20.8 Å². The Hall–Kier alpha value is -1.34. The molecule has 2 N–H and O–H groups in total. The van der Waals surface area contributed by atoms with Gasteiger partial charge in [0.1, 0.15) is 5.60 Å². The third-order valence-electron chi connectivity index (χ3n) is 2.23. The van der Waals surface area contributed by atoms with Crippen LogP contribution in [0.15, 0.2) is 0 Å². The first-order chi connectivity index (χ1) is 8.19. The highest BCUT2D eigenvalue weighted by molar-refractivity contribution is 5.74. The second-order valence-electron chi connectivity index (χ2n) is 5.20. The summed E-state index contributed by atoms with van der Waals surface area (Å²) in [6, 6.07) is 0. The lowest BCUT2D eigenvalue weighted by atomic mass is 10.2. The molecule has 18 heavy (non-hydrogen) atoms. The third-order valence-corrected chi connectivity index (χ3v) is 2.23. The summed E-state index contributed by atoms with van der Waals surface area (Å²) < 4.78 is 10.1. The quantitative estimate of drug-likeness (QED) is 0.693. The number of aliphatic carboxylic acids is 1. The molecular formula is C11H19NO6. The molecule has 1 aliphatic rings. The molecule has 0 spiro atoms. The summed E-state index contributed by atoms with van der Waals surface area (Å²) >= 11 is 0. The van der Waals surface area contributed by atoms with Crippen LogP contribution in [0.3, 0.4) is 0 Å². The summed E-state index contributed by atoms with van der Waals surface area (Å²) in [5.41, 5.74) is -0.673. The molecule has 0 bridgehead atoms. The summed E-state index contributed by atoms with van der Waals surface area (Å²) in [4.78, 5) is 23.9. The van der Waals surface area contributed by atoms with Gasteiger partial charge in [0.15, 0.2) is 6.10 Å². The number of carboxylic acids is 1. The highest BCUT2D eigenvalue weighted by Crippen LogP contribution is 2.13. The van der Waals surface area contributed by atoms with Crippen LogP contribution in [0.25, 0.3) is 0 Å². The first-order valence-corrected chi connectivity index (χ1v) is 5.69. The van der Waals surface area contributed by atoms with Gasteiger partial charge in [0, 0.05) is 0 Å². The van der Waals surface area contributed by atoms with Gasteiger partial charge in [-0.3, -0.25) is 0 Å². The number of ether oxygens (including phenoxy) is 2. The zero-order valence-corrected chi connectivity index (χ0v) is 10.8. The van der Waals surface area contributed by atoms with Gasteiger partial charge in [0.2, 0.25) is 0 Å². The van der Waals surface area contributed by atoms with Crippen molar-refractivity contribution in [2.75, 3.05) is 19.7 Å². The standard InChI is InChI=1S/C11H19NO6/c1-11(2,3)18-10(16)12-4-7(13)6-17-8(5-12)9(14)15/h7-8,13H,4-6H2,1-3H3,(H,14,15)/t7-,8+/m1/s1. The van der Waals surface area contributed by atoms with Gasteiger partial charge >= 0.3 is 12.1 Å². The fraction of sp³-hybridized carbons (Fsp3) is 0.818. The van der Waals surface area contributed by atoms with Gasteiger partial charge in [-0.25, -0.2) is 9.59 Å². The molecule has 0 aromatic carbocycles. The Morgan fingerprint density at radius 2 is 1.94 bits per heavy atom. The average Bonchev–Trinajstić information content (AvgIpc) is 2.37. The van der Waals surface area contributed by atoms with Crippen LogP contribution in [0.5, 0.6) is 0 Å². The molecule has 104 valence electrons. The number of hydrogen-bond acceptors (Lipinski definition) is 5. The molecule has 1 fully saturated rings. The minimum atomic E-state index is -1.17. The lowest BCUT2D eigenvalue weighted by Crippen LogP contribution is -2.44. The molecule has 0 unspecified atom stereocenters. The fourth-order valence-corrected chi connectivity index (χ4v) is 1.49. The first-order valence-electron chi connectivity index (χ1n) is 5.69. The smallest absolute Gasteiger partial charge is 0.410 e. The monoisotopic (exact) mass is 261 g/mol. The second-order valence-corrected chi connectivity index (χ2v) is 5.20. The van der Waals surface area contributed by atoms with Crippen molar-refractivity contribution in [3.63, 3.8) is 0 Å².